The lowest BCUT2D eigenvalue weighted by Crippen LogP contribution is -2.51. The fourth-order valence-electron chi connectivity index (χ4n) is 4.97. The second-order valence-electron chi connectivity index (χ2n) is 10.7. The summed E-state index contributed by atoms with van der Waals surface area (Å²) in [5, 5.41) is 21.1. The Labute approximate surface area is 266 Å². The predicted octanol–water partition coefficient (Wildman–Crippen LogP) is 1.46. The van der Waals surface area contributed by atoms with Gasteiger partial charge in [0.15, 0.2) is 6.54 Å². The molecule has 0 fully saturated rings. The maximum Gasteiger partial charge on any atom is 0.430 e. The number of alkyl halides is 6. The van der Waals surface area contributed by atoms with Gasteiger partial charge in [0.05, 0.1) is 43.9 Å². The molecule has 0 atom stereocenters. The van der Waals surface area contributed by atoms with Crippen molar-refractivity contribution in [1.29, 1.82) is 0 Å². The highest BCUT2D eigenvalue weighted by molar-refractivity contribution is 6.10. The van der Waals surface area contributed by atoms with Crippen LogP contribution in [0.2, 0.25) is 0 Å². The number of rotatable bonds is 9. The van der Waals surface area contributed by atoms with E-state index in [-0.39, 0.29) is 0 Å². The molecular weight excluding hydrogens is 634 g/mol. The number of nitrogens with two attached hydrogens (primary N) is 4. The Kier molecular flexibility index (Phi) is 13.3. The Hall–Kier alpha value is -4.67. The van der Waals surface area contributed by atoms with Crippen LogP contribution in [-0.4, -0.2) is 68.5 Å². The van der Waals surface area contributed by atoms with Crippen molar-refractivity contribution in [3.63, 3.8) is 0 Å². The summed E-state index contributed by atoms with van der Waals surface area (Å²) in [5.41, 5.74) is 29.3. The van der Waals surface area contributed by atoms with Crippen LogP contribution in [0, 0.1) is 0 Å². The van der Waals surface area contributed by atoms with Gasteiger partial charge in [0, 0.05) is 41.5 Å². The monoisotopic (exact) mass is 670 g/mol. The van der Waals surface area contributed by atoms with E-state index in [1.807, 2.05) is 18.2 Å². The number of nitrogens with zero attached hydrogens (tertiary/aromatic N) is 2. The molecule has 0 amide bonds. The second-order valence-corrected chi connectivity index (χ2v) is 10.7. The highest BCUT2D eigenvalue weighted by Gasteiger charge is 2.30. The lowest BCUT2D eigenvalue weighted by Gasteiger charge is -2.33. The number of aromatic nitrogens is 1. The van der Waals surface area contributed by atoms with Crippen LogP contribution in [0.25, 0.3) is 32.9 Å². The Bertz CT molecular complexity index is 1640. The Morgan fingerprint density at radius 1 is 0.723 bits per heavy atom. The van der Waals surface area contributed by atoms with Crippen molar-refractivity contribution in [3.8, 4) is 11.3 Å². The summed E-state index contributed by atoms with van der Waals surface area (Å²) >= 11 is 0. The van der Waals surface area contributed by atoms with E-state index in [4.69, 9.17) is 42.7 Å². The van der Waals surface area contributed by atoms with Gasteiger partial charge in [-0.15, -0.1) is 0 Å². The molecule has 4 rings (SSSR count). The number of hydrogen-bond donors (Lipinski definition) is 4. The minimum absolute atomic E-state index is 0.660. The molecule has 0 aliphatic rings. The molecule has 3 aromatic carbocycles. The molecule has 256 valence electrons. The van der Waals surface area contributed by atoms with E-state index in [2.05, 4.69) is 60.1 Å². The molecule has 0 aliphatic carbocycles. The van der Waals surface area contributed by atoms with Gasteiger partial charge in [0.2, 0.25) is 11.2 Å². The number of likely N-dealkylation sites (N-methyl/N-ethyl adjacent to an activating group) is 1. The van der Waals surface area contributed by atoms with E-state index < -0.39 is 24.3 Å². The number of anilines is 2. The topological polar surface area (TPSA) is 188 Å². The fraction of sp³-hybridized carbons (Fsp3) is 0.323. The number of carbonyl (C=O) groups is 2. The number of aryl methyl sites for hydroxylation is 1. The van der Waals surface area contributed by atoms with Crippen molar-refractivity contribution in [3.05, 3.63) is 66.7 Å². The normalized spacial score (nSPS) is 11.8. The van der Waals surface area contributed by atoms with E-state index in [0.29, 0.717) is 13.1 Å². The first-order chi connectivity index (χ1) is 21.8. The molecule has 47 heavy (non-hydrogen) atoms. The van der Waals surface area contributed by atoms with Gasteiger partial charge in [0.1, 0.15) is 11.9 Å². The first-order valence-electron chi connectivity index (χ1n) is 14.1. The number of quaternary nitrogens is 1. The van der Waals surface area contributed by atoms with Crippen LogP contribution in [0.3, 0.4) is 0 Å². The zero-order valence-electron chi connectivity index (χ0n) is 25.4. The van der Waals surface area contributed by atoms with Gasteiger partial charge in [-0.3, -0.25) is 0 Å². The minimum atomic E-state index is -5.19. The van der Waals surface area contributed by atoms with Gasteiger partial charge in [-0.2, -0.15) is 30.9 Å². The van der Waals surface area contributed by atoms with E-state index in [1.165, 1.54) is 22.0 Å². The van der Waals surface area contributed by atoms with Crippen LogP contribution in [0.5, 0.6) is 0 Å². The summed E-state index contributed by atoms with van der Waals surface area (Å²) in [6, 6.07) is 22.9. The number of nitrogen functional groups attached to an aromatic ring is 2. The number of carboxylic acid groups (broad SMARTS) is 2. The van der Waals surface area contributed by atoms with Crippen LogP contribution in [-0.2, 0) is 16.1 Å². The van der Waals surface area contributed by atoms with Gasteiger partial charge in [-0.25, -0.2) is 0 Å². The molecule has 0 spiro atoms. The molecule has 1 aromatic heterocycles. The molecule has 10 nitrogen and oxygen atoms in total. The van der Waals surface area contributed by atoms with Crippen LogP contribution >= 0.6 is 0 Å². The molecule has 0 radical (unpaired) electrons. The molecule has 0 bridgehead atoms. The van der Waals surface area contributed by atoms with Crippen LogP contribution in [0.4, 0.5) is 37.7 Å². The number of pyridine rings is 1. The third-order valence-corrected chi connectivity index (χ3v) is 7.10. The van der Waals surface area contributed by atoms with Crippen molar-refractivity contribution in [2.24, 2.45) is 11.5 Å². The molecular formula is C31H36F6N6O4. The number of halogens is 6. The number of fused-ring (bicyclic) bond motifs is 3. The van der Waals surface area contributed by atoms with Crippen LogP contribution in [0.1, 0.15) is 6.42 Å². The average Bonchev–Trinajstić information content (AvgIpc) is 2.97. The number of aliphatic carboxylic acids is 2. The number of carboxylic acids is 2. The predicted molar refractivity (Wildman–Crippen MR) is 162 cm³/mol. The second kappa shape index (κ2) is 16.2. The van der Waals surface area contributed by atoms with Gasteiger partial charge in [-0.1, -0.05) is 24.3 Å². The third-order valence-electron chi connectivity index (χ3n) is 7.10. The van der Waals surface area contributed by atoms with E-state index in [1.54, 1.807) is 0 Å². The zero-order chi connectivity index (χ0) is 35.6. The highest BCUT2D eigenvalue weighted by Crippen LogP contribution is 2.33. The molecule has 0 saturated heterocycles. The molecule has 1 heterocycles. The van der Waals surface area contributed by atoms with Gasteiger partial charge < -0.3 is 47.2 Å². The first kappa shape index (κ1) is 38.5. The van der Waals surface area contributed by atoms with Crippen molar-refractivity contribution >= 4 is 45.0 Å². The third kappa shape index (κ3) is 11.0. The summed E-state index contributed by atoms with van der Waals surface area (Å²) < 4.78 is 66.4. The van der Waals surface area contributed by atoms with E-state index in [0.717, 1.165) is 59.4 Å². The smallest absolute Gasteiger partial charge is 0.430 e. The summed E-state index contributed by atoms with van der Waals surface area (Å²) in [4.78, 5) is 17.6. The lowest BCUT2D eigenvalue weighted by molar-refractivity contribution is -0.908. The Morgan fingerprint density at radius 2 is 1.19 bits per heavy atom. The molecule has 0 aliphatic heterocycles. The largest absolute Gasteiger partial charge is 0.542 e. The SMILES string of the molecule is C[N+](CCN)(CCN)CCC[n+]1c(-c2ccccc2)c2cc(N)ccc2c2ccc(N)cc21.O=C([O-])C(F)(F)F.O=C([O-])C(F)(F)F. The van der Waals surface area contributed by atoms with Crippen LogP contribution < -0.4 is 37.7 Å². The zero-order valence-corrected chi connectivity index (χ0v) is 25.4. The van der Waals surface area contributed by atoms with Crippen molar-refractivity contribution in [1.82, 2.24) is 0 Å². The lowest BCUT2D eigenvalue weighted by atomic mass is 9.98. The quantitative estimate of drug-likeness (QED) is 0.0677. The number of carbonyl (C=O) groups excluding carboxylic acids is 2. The summed E-state index contributed by atoms with van der Waals surface area (Å²) in [7, 11) is 2.25. The van der Waals surface area contributed by atoms with Crippen LogP contribution in [0.15, 0.2) is 66.7 Å². The summed E-state index contributed by atoms with van der Waals surface area (Å²) in [5.74, 6) is -6.01. The summed E-state index contributed by atoms with van der Waals surface area (Å²) in [6.07, 6.45) is -9.39. The average molecular weight is 671 g/mol. The van der Waals surface area contributed by atoms with Crippen molar-refractivity contribution in [2.45, 2.75) is 25.3 Å². The fourth-order valence-corrected chi connectivity index (χ4v) is 4.97. The maximum absolute atomic E-state index is 10.5. The van der Waals surface area contributed by atoms with E-state index in [9.17, 15) is 26.3 Å². The van der Waals surface area contributed by atoms with E-state index >= 15 is 0 Å². The Morgan fingerprint density at radius 3 is 1.66 bits per heavy atom. The standard InChI is InChI=1S/C27H35N6.2C2HF3O2/c1-33(16-12-28,17-13-29)15-5-14-32-26-19-22(31)9-11-24(26)23-10-8-21(30)18-25(23)27(32)20-6-3-2-4-7-20;2*3-2(4,5)1(6)7/h2-4,6-11,18-19,31H,5,12-17,28-30H2,1H3;2*(H,6,7)/q+1;;/p-1. The molecule has 0 unspecified atom stereocenters. The van der Waals surface area contributed by atoms with Gasteiger partial charge in [-0.05, 0) is 36.4 Å². The molecule has 4 aromatic rings. The maximum atomic E-state index is 10.5. The minimum Gasteiger partial charge on any atom is -0.542 e. The number of benzene rings is 3. The van der Waals surface area contributed by atoms with Crippen molar-refractivity contribution < 1.29 is 55.2 Å². The first-order valence-corrected chi connectivity index (χ1v) is 14.1. The number of hydrogen-bond acceptors (Lipinski definition) is 8. The van der Waals surface area contributed by atoms with Gasteiger partial charge >= 0.3 is 12.4 Å². The van der Waals surface area contributed by atoms with Gasteiger partial charge in [0.25, 0.3) is 0 Å². The molecule has 16 heteroatoms. The molecule has 8 N–H and O–H groups in total. The van der Waals surface area contributed by atoms with Crippen molar-refractivity contribution in [2.75, 3.05) is 51.2 Å². The molecule has 0 saturated carbocycles. The highest BCUT2D eigenvalue weighted by atomic mass is 19.4. The Balaban J connectivity index is 0.000000459. The summed E-state index contributed by atoms with van der Waals surface area (Å²) in [6.45, 7) is 5.04.